The van der Waals surface area contributed by atoms with Crippen LogP contribution >= 0.6 is 24.4 Å². The number of rotatable bonds is 5. The second-order valence-corrected chi connectivity index (χ2v) is 6.82. The largest absolute Gasteiger partial charge is 0.508 e. The van der Waals surface area contributed by atoms with Gasteiger partial charge in [-0.05, 0) is 18.2 Å². The summed E-state index contributed by atoms with van der Waals surface area (Å²) in [5.74, 6) is -0.575. The number of hydrogen-bond acceptors (Lipinski definition) is 5. The van der Waals surface area contributed by atoms with Crippen molar-refractivity contribution in [1.29, 1.82) is 0 Å². The number of amides is 1. The number of carbonyl (C=O) groups excluding carboxylic acids is 1. The normalized spacial score (nSPS) is 22.5. The Morgan fingerprint density at radius 2 is 2.14 bits per heavy atom. The Balaban J connectivity index is 2.35. The Morgan fingerprint density at radius 3 is 2.73 bits per heavy atom. The van der Waals surface area contributed by atoms with Crippen LogP contribution in [0.2, 0.25) is 0 Å². The molecule has 1 heterocycles. The molecule has 0 bridgehead atoms. The van der Waals surface area contributed by atoms with Gasteiger partial charge in [0, 0.05) is 17.2 Å². The number of nitrogens with zero attached hydrogens (tertiary/aromatic N) is 1. The molecule has 7 heteroatoms. The fraction of sp³-hybridized carbons (Fsp3) is 0.467. The molecule has 120 valence electrons. The van der Waals surface area contributed by atoms with Crippen molar-refractivity contribution in [1.82, 2.24) is 4.90 Å². The molecule has 1 aliphatic heterocycles. The van der Waals surface area contributed by atoms with Crippen molar-refractivity contribution in [3.63, 3.8) is 0 Å². The molecular weight excluding hydrogens is 322 g/mol. The lowest BCUT2D eigenvalue weighted by molar-refractivity contribution is -0.150. The molecule has 2 N–H and O–H groups in total. The van der Waals surface area contributed by atoms with Crippen molar-refractivity contribution in [2.75, 3.05) is 11.5 Å². The van der Waals surface area contributed by atoms with Gasteiger partial charge >= 0.3 is 5.97 Å². The molecule has 5 nitrogen and oxygen atoms in total. The van der Waals surface area contributed by atoms with Crippen molar-refractivity contribution in [3.05, 3.63) is 29.8 Å². The van der Waals surface area contributed by atoms with Crippen LogP contribution in [0.25, 0.3) is 0 Å². The highest BCUT2D eigenvalue weighted by Crippen LogP contribution is 2.45. The van der Waals surface area contributed by atoms with E-state index in [1.807, 2.05) is 0 Å². The Labute approximate surface area is 139 Å². The highest BCUT2D eigenvalue weighted by molar-refractivity contribution is 7.99. The molecule has 0 saturated carbocycles. The van der Waals surface area contributed by atoms with Crippen LogP contribution in [0.4, 0.5) is 0 Å². The van der Waals surface area contributed by atoms with Crippen molar-refractivity contribution in [2.24, 2.45) is 5.92 Å². The van der Waals surface area contributed by atoms with Crippen LogP contribution in [0.5, 0.6) is 5.75 Å². The Kier molecular flexibility index (Phi) is 5.63. The number of carbonyl (C=O) groups is 2. The number of carboxylic acids is 1. The quantitative estimate of drug-likeness (QED) is 0.717. The summed E-state index contributed by atoms with van der Waals surface area (Å²) in [4.78, 5) is 25.6. The first-order chi connectivity index (χ1) is 10.5. The van der Waals surface area contributed by atoms with Crippen LogP contribution in [0, 0.1) is 5.92 Å². The summed E-state index contributed by atoms with van der Waals surface area (Å²) in [6.07, 6.45) is 0.586. The van der Waals surface area contributed by atoms with E-state index < -0.39 is 17.4 Å². The summed E-state index contributed by atoms with van der Waals surface area (Å²) in [5, 5.41) is 18.9. The van der Waals surface area contributed by atoms with Gasteiger partial charge in [-0.25, -0.2) is 4.79 Å². The number of phenolic OH excluding ortho intramolecular Hbond substituents is 1. The number of phenols is 1. The van der Waals surface area contributed by atoms with Gasteiger partial charge in [0.25, 0.3) is 0 Å². The van der Waals surface area contributed by atoms with Crippen molar-refractivity contribution >= 4 is 36.3 Å². The lowest BCUT2D eigenvalue weighted by Gasteiger charge is -2.30. The molecule has 0 aliphatic carbocycles. The van der Waals surface area contributed by atoms with Crippen LogP contribution in [-0.2, 0) is 9.59 Å². The van der Waals surface area contributed by atoms with E-state index in [1.165, 1.54) is 16.7 Å². The maximum Gasteiger partial charge on any atom is 0.327 e. The fourth-order valence-electron chi connectivity index (χ4n) is 2.47. The van der Waals surface area contributed by atoms with E-state index in [0.29, 0.717) is 23.5 Å². The second-order valence-electron chi connectivity index (χ2n) is 5.26. The number of aromatic hydroxyl groups is 1. The van der Waals surface area contributed by atoms with Gasteiger partial charge in [-0.3, -0.25) is 4.79 Å². The third kappa shape index (κ3) is 3.35. The average molecular weight is 341 g/mol. The number of para-hydroxylation sites is 1. The predicted molar refractivity (Wildman–Crippen MR) is 89.2 cm³/mol. The van der Waals surface area contributed by atoms with Crippen LogP contribution in [0.15, 0.2) is 24.3 Å². The van der Waals surface area contributed by atoms with E-state index >= 15 is 0 Å². The lowest BCUT2D eigenvalue weighted by atomic mass is 10.0. The van der Waals surface area contributed by atoms with E-state index in [0.717, 1.165) is 0 Å². The molecule has 1 aliphatic rings. The van der Waals surface area contributed by atoms with Crippen LogP contribution in [0.3, 0.4) is 0 Å². The SMILES string of the molecule is CC(CCS)C(=O)N1C(C(=O)O)CSC1c1ccccc1O. The van der Waals surface area contributed by atoms with Crippen LogP contribution < -0.4 is 0 Å². The summed E-state index contributed by atoms with van der Waals surface area (Å²) in [7, 11) is 0. The highest BCUT2D eigenvalue weighted by atomic mass is 32.2. The number of aliphatic carboxylic acids is 1. The van der Waals surface area contributed by atoms with E-state index in [-0.39, 0.29) is 17.6 Å². The predicted octanol–water partition coefficient (Wildman–Crippen LogP) is 2.38. The van der Waals surface area contributed by atoms with Gasteiger partial charge < -0.3 is 15.1 Å². The summed E-state index contributed by atoms with van der Waals surface area (Å²) < 4.78 is 0. The van der Waals surface area contributed by atoms with E-state index in [1.54, 1.807) is 31.2 Å². The summed E-state index contributed by atoms with van der Waals surface area (Å²) in [6.45, 7) is 1.78. The maximum absolute atomic E-state index is 12.7. The minimum atomic E-state index is -1.02. The number of hydrogen-bond donors (Lipinski definition) is 3. The van der Waals surface area contributed by atoms with E-state index in [4.69, 9.17) is 0 Å². The second kappa shape index (κ2) is 7.28. The number of thioether (sulfide) groups is 1. The molecule has 0 aromatic heterocycles. The van der Waals surface area contributed by atoms with Gasteiger partial charge in [0.15, 0.2) is 0 Å². The molecule has 1 aromatic rings. The monoisotopic (exact) mass is 341 g/mol. The van der Waals surface area contributed by atoms with Gasteiger partial charge in [-0.2, -0.15) is 12.6 Å². The van der Waals surface area contributed by atoms with Crippen molar-refractivity contribution in [2.45, 2.75) is 24.8 Å². The molecular formula is C15H19NO4S2. The molecule has 0 spiro atoms. The number of benzene rings is 1. The zero-order valence-electron chi connectivity index (χ0n) is 12.2. The van der Waals surface area contributed by atoms with Crippen LogP contribution in [-0.4, -0.2) is 44.5 Å². The maximum atomic E-state index is 12.7. The first kappa shape index (κ1) is 17.0. The Hall–Kier alpha value is -1.34. The highest BCUT2D eigenvalue weighted by Gasteiger charge is 2.44. The number of carboxylic acid groups (broad SMARTS) is 1. The van der Waals surface area contributed by atoms with Gasteiger partial charge in [0.1, 0.15) is 17.2 Å². The zero-order valence-corrected chi connectivity index (χ0v) is 13.9. The van der Waals surface area contributed by atoms with Gasteiger partial charge in [-0.1, -0.05) is 25.1 Å². The lowest BCUT2D eigenvalue weighted by Crippen LogP contribution is -2.45. The molecule has 0 radical (unpaired) electrons. The molecule has 1 fully saturated rings. The van der Waals surface area contributed by atoms with Gasteiger partial charge in [0.2, 0.25) is 5.91 Å². The summed E-state index contributed by atoms with van der Waals surface area (Å²) in [6, 6.07) is 5.86. The minimum Gasteiger partial charge on any atom is -0.508 e. The molecule has 3 unspecified atom stereocenters. The molecule has 1 saturated heterocycles. The smallest absolute Gasteiger partial charge is 0.327 e. The standard InChI is InChI=1S/C15H19NO4S2/c1-9(6-7-21)13(18)16-11(15(19)20)8-22-14(16)10-4-2-3-5-12(10)17/h2-5,9,11,14,17,21H,6-8H2,1H3,(H,19,20). The minimum absolute atomic E-state index is 0.0747. The molecule has 2 rings (SSSR count). The fourth-order valence-corrected chi connectivity index (χ4v) is 4.32. The van der Waals surface area contributed by atoms with Gasteiger partial charge in [-0.15, -0.1) is 11.8 Å². The number of thiol groups is 1. The first-order valence-electron chi connectivity index (χ1n) is 7.02. The first-order valence-corrected chi connectivity index (χ1v) is 8.70. The topological polar surface area (TPSA) is 77.8 Å². The molecule has 22 heavy (non-hydrogen) atoms. The van der Waals surface area contributed by atoms with Crippen LogP contribution in [0.1, 0.15) is 24.3 Å². The van der Waals surface area contributed by atoms with E-state index in [2.05, 4.69) is 12.6 Å². The van der Waals surface area contributed by atoms with Crippen molar-refractivity contribution < 1.29 is 19.8 Å². The summed E-state index contributed by atoms with van der Waals surface area (Å²) in [5.41, 5.74) is 0.572. The average Bonchev–Trinajstić information content (AvgIpc) is 2.92. The summed E-state index contributed by atoms with van der Waals surface area (Å²) >= 11 is 5.50. The Morgan fingerprint density at radius 1 is 1.45 bits per heavy atom. The molecule has 1 aromatic carbocycles. The zero-order chi connectivity index (χ0) is 16.3. The Bertz CT molecular complexity index is 566. The third-order valence-electron chi connectivity index (χ3n) is 3.73. The van der Waals surface area contributed by atoms with Crippen molar-refractivity contribution in [3.8, 4) is 5.75 Å². The third-order valence-corrected chi connectivity index (χ3v) is 5.29. The van der Waals surface area contributed by atoms with E-state index in [9.17, 15) is 19.8 Å². The molecule has 3 atom stereocenters. The van der Waals surface area contributed by atoms with Gasteiger partial charge in [0.05, 0.1) is 0 Å². The molecule has 1 amide bonds.